The molecule has 1 aromatic heterocycles. The molecule has 1 saturated carbocycles. The van der Waals surface area contributed by atoms with Crippen molar-refractivity contribution in [2.24, 2.45) is 0 Å². The number of nitrogens with zero attached hydrogens (tertiary/aromatic N) is 3. The van der Waals surface area contributed by atoms with Gasteiger partial charge < -0.3 is 14.6 Å². The molecule has 1 aliphatic rings. The highest BCUT2D eigenvalue weighted by atomic mass is 16.5. The molecule has 6 nitrogen and oxygen atoms in total. The molecule has 1 fully saturated rings. The maximum atomic E-state index is 12.9. The van der Waals surface area contributed by atoms with E-state index in [0.717, 1.165) is 35.4 Å². The summed E-state index contributed by atoms with van der Waals surface area (Å²) in [5.74, 6) is 1.36. The zero-order chi connectivity index (χ0) is 21.7. The maximum Gasteiger partial charge on any atom is 0.239 e. The summed E-state index contributed by atoms with van der Waals surface area (Å²) in [7, 11) is 3.56. The molecule has 0 atom stereocenters. The van der Waals surface area contributed by atoms with Crippen molar-refractivity contribution in [2.45, 2.75) is 58.5 Å². The van der Waals surface area contributed by atoms with Crippen LogP contribution in [0.4, 0.5) is 5.82 Å². The average molecular weight is 409 g/mol. The van der Waals surface area contributed by atoms with Crippen molar-refractivity contribution in [1.82, 2.24) is 9.47 Å². The van der Waals surface area contributed by atoms with Crippen LogP contribution in [0.5, 0.6) is 5.75 Å². The van der Waals surface area contributed by atoms with E-state index in [0.29, 0.717) is 24.0 Å². The van der Waals surface area contributed by atoms with Crippen molar-refractivity contribution < 1.29 is 9.53 Å². The summed E-state index contributed by atoms with van der Waals surface area (Å²) in [5.41, 5.74) is 3.65. The van der Waals surface area contributed by atoms with Crippen LogP contribution in [0.2, 0.25) is 0 Å². The van der Waals surface area contributed by atoms with E-state index in [9.17, 15) is 10.1 Å². The molecule has 0 aliphatic heterocycles. The minimum atomic E-state index is -0.113. The highest BCUT2D eigenvalue weighted by molar-refractivity contribution is 5.93. The molecule has 160 valence electrons. The van der Waals surface area contributed by atoms with Gasteiger partial charge in [0.25, 0.3) is 0 Å². The van der Waals surface area contributed by atoms with Gasteiger partial charge >= 0.3 is 0 Å². The third-order valence-corrected chi connectivity index (χ3v) is 6.11. The molecule has 0 bridgehead atoms. The summed E-state index contributed by atoms with van der Waals surface area (Å²) in [5, 5.41) is 12.8. The number of carbonyl (C=O) groups is 1. The van der Waals surface area contributed by atoms with E-state index in [4.69, 9.17) is 4.74 Å². The molecule has 1 aromatic carbocycles. The Hall–Kier alpha value is -2.78. The smallest absolute Gasteiger partial charge is 0.239 e. The van der Waals surface area contributed by atoms with Crippen molar-refractivity contribution in [3.8, 4) is 11.8 Å². The van der Waals surface area contributed by atoms with E-state index >= 15 is 0 Å². The van der Waals surface area contributed by atoms with Crippen LogP contribution in [0.25, 0.3) is 0 Å². The molecule has 0 saturated heterocycles. The lowest BCUT2D eigenvalue weighted by Crippen LogP contribution is -2.31. The van der Waals surface area contributed by atoms with E-state index in [1.807, 2.05) is 50.1 Å². The largest absolute Gasteiger partial charge is 0.496 e. The standard InChI is InChI=1S/C24H32N4O2/c1-17-18(2)28(20-11-6-5-7-12-20)24(21(17)14-25)26-23(29)16-27(3)15-19-10-8-9-13-22(19)30-4/h8-10,13,20H,5-7,11-12,15-16H2,1-4H3,(H,26,29). The zero-order valence-electron chi connectivity index (χ0n) is 18.5. The molecule has 1 aliphatic carbocycles. The Balaban J connectivity index is 1.76. The number of nitrogens with one attached hydrogen (secondary N) is 1. The first-order chi connectivity index (χ1) is 14.5. The molecule has 0 spiro atoms. The van der Waals surface area contributed by atoms with Crippen LogP contribution >= 0.6 is 0 Å². The van der Waals surface area contributed by atoms with Crippen molar-refractivity contribution in [2.75, 3.05) is 26.0 Å². The van der Waals surface area contributed by atoms with Gasteiger partial charge in [-0.05, 0) is 45.4 Å². The molecule has 0 radical (unpaired) electrons. The van der Waals surface area contributed by atoms with Crippen LogP contribution < -0.4 is 10.1 Å². The monoisotopic (exact) mass is 408 g/mol. The number of nitriles is 1. The van der Waals surface area contributed by atoms with E-state index < -0.39 is 0 Å². The quantitative estimate of drug-likeness (QED) is 0.729. The van der Waals surface area contributed by atoms with Gasteiger partial charge in [-0.25, -0.2) is 0 Å². The lowest BCUT2D eigenvalue weighted by Gasteiger charge is -2.27. The zero-order valence-corrected chi connectivity index (χ0v) is 18.5. The van der Waals surface area contributed by atoms with E-state index in [1.54, 1.807) is 7.11 Å². The number of para-hydroxylation sites is 1. The first kappa shape index (κ1) is 21.9. The topological polar surface area (TPSA) is 70.3 Å². The molecular formula is C24H32N4O2. The van der Waals surface area contributed by atoms with Crippen LogP contribution in [-0.2, 0) is 11.3 Å². The predicted molar refractivity (Wildman–Crippen MR) is 119 cm³/mol. The maximum absolute atomic E-state index is 12.9. The highest BCUT2D eigenvalue weighted by Gasteiger charge is 2.26. The van der Waals surface area contributed by atoms with Gasteiger partial charge in [-0.15, -0.1) is 0 Å². The Bertz CT molecular complexity index is 935. The van der Waals surface area contributed by atoms with Gasteiger partial charge in [0.2, 0.25) is 5.91 Å². The van der Waals surface area contributed by atoms with E-state index in [2.05, 4.69) is 16.0 Å². The molecule has 1 heterocycles. The van der Waals surface area contributed by atoms with E-state index in [1.165, 1.54) is 19.3 Å². The Labute approximate surface area is 179 Å². The molecule has 2 aromatic rings. The van der Waals surface area contributed by atoms with Gasteiger partial charge in [0, 0.05) is 23.8 Å². The number of carbonyl (C=O) groups excluding carboxylic acids is 1. The molecule has 1 N–H and O–H groups in total. The van der Waals surface area contributed by atoms with E-state index in [-0.39, 0.29) is 12.5 Å². The van der Waals surface area contributed by atoms with Crippen molar-refractivity contribution in [3.05, 3.63) is 46.6 Å². The molecular weight excluding hydrogens is 376 g/mol. The van der Waals surface area contributed by atoms with Crippen LogP contribution in [0, 0.1) is 25.2 Å². The summed E-state index contributed by atoms with van der Waals surface area (Å²) in [6.45, 7) is 4.85. The first-order valence-electron chi connectivity index (χ1n) is 10.7. The first-order valence-corrected chi connectivity index (χ1v) is 10.7. The number of hydrogen-bond donors (Lipinski definition) is 1. The van der Waals surface area contributed by atoms with Crippen LogP contribution in [0.3, 0.4) is 0 Å². The Morgan fingerprint density at radius 2 is 1.97 bits per heavy atom. The Kier molecular flexibility index (Phi) is 7.17. The highest BCUT2D eigenvalue weighted by Crippen LogP contribution is 2.36. The van der Waals surface area contributed by atoms with Gasteiger partial charge in [-0.3, -0.25) is 9.69 Å². The summed E-state index contributed by atoms with van der Waals surface area (Å²) in [6.07, 6.45) is 5.83. The fourth-order valence-electron chi connectivity index (χ4n) is 4.48. The van der Waals surface area contributed by atoms with Gasteiger partial charge in [0.05, 0.1) is 19.2 Å². The second kappa shape index (κ2) is 9.82. The van der Waals surface area contributed by atoms with Crippen molar-refractivity contribution >= 4 is 11.7 Å². The Morgan fingerprint density at radius 3 is 2.63 bits per heavy atom. The molecule has 0 unspecified atom stereocenters. The fraction of sp³-hybridized carbons (Fsp3) is 0.500. The van der Waals surface area contributed by atoms with Gasteiger partial charge in [-0.1, -0.05) is 37.5 Å². The third kappa shape index (κ3) is 4.68. The third-order valence-electron chi connectivity index (χ3n) is 6.11. The number of benzene rings is 1. The minimum absolute atomic E-state index is 0.113. The summed E-state index contributed by atoms with van der Waals surface area (Å²) in [6, 6.07) is 10.5. The predicted octanol–water partition coefficient (Wildman–Crippen LogP) is 4.56. The molecule has 6 heteroatoms. The number of hydrogen-bond acceptors (Lipinski definition) is 4. The molecule has 3 rings (SSSR count). The second-order valence-corrected chi connectivity index (χ2v) is 8.24. The van der Waals surface area contributed by atoms with Crippen molar-refractivity contribution in [1.29, 1.82) is 5.26 Å². The van der Waals surface area contributed by atoms with Gasteiger partial charge in [0.1, 0.15) is 17.6 Å². The number of methoxy groups -OCH3 is 1. The van der Waals surface area contributed by atoms with Crippen LogP contribution in [0.15, 0.2) is 24.3 Å². The Morgan fingerprint density at radius 1 is 1.27 bits per heavy atom. The number of rotatable bonds is 7. The number of anilines is 1. The van der Waals surface area contributed by atoms with Gasteiger partial charge in [0.15, 0.2) is 0 Å². The fourth-order valence-corrected chi connectivity index (χ4v) is 4.48. The van der Waals surface area contributed by atoms with Crippen molar-refractivity contribution in [3.63, 3.8) is 0 Å². The number of aromatic nitrogens is 1. The summed E-state index contributed by atoms with van der Waals surface area (Å²) in [4.78, 5) is 14.8. The average Bonchev–Trinajstić information content (AvgIpc) is 2.98. The number of ether oxygens (including phenoxy) is 1. The van der Waals surface area contributed by atoms with Crippen LogP contribution in [-0.4, -0.2) is 36.1 Å². The lowest BCUT2D eigenvalue weighted by molar-refractivity contribution is -0.117. The summed E-state index contributed by atoms with van der Waals surface area (Å²) < 4.78 is 7.61. The minimum Gasteiger partial charge on any atom is -0.496 e. The number of likely N-dealkylation sites (N-methyl/N-ethyl adjacent to an activating group) is 1. The normalized spacial score (nSPS) is 14.5. The second-order valence-electron chi connectivity index (χ2n) is 8.24. The summed E-state index contributed by atoms with van der Waals surface area (Å²) >= 11 is 0. The SMILES string of the molecule is COc1ccccc1CN(C)CC(=O)Nc1c(C#N)c(C)c(C)n1C1CCCCC1. The van der Waals surface area contributed by atoms with Crippen LogP contribution in [0.1, 0.15) is 60.5 Å². The molecule has 30 heavy (non-hydrogen) atoms. The molecule has 1 amide bonds. The number of amides is 1. The lowest BCUT2D eigenvalue weighted by atomic mass is 9.95. The van der Waals surface area contributed by atoms with Gasteiger partial charge in [-0.2, -0.15) is 5.26 Å².